The van der Waals surface area contributed by atoms with Gasteiger partial charge in [-0.1, -0.05) is 53.9 Å². The Morgan fingerprint density at radius 2 is 1.53 bits per heavy atom. The van der Waals surface area contributed by atoms with Crippen LogP contribution in [0.25, 0.3) is 0 Å². The second kappa shape index (κ2) is 10.7. The zero-order valence-corrected chi connectivity index (χ0v) is 14.1. The molecule has 0 spiro atoms. The zero-order valence-electron chi connectivity index (χ0n) is 14.1. The molecule has 0 N–H and O–H groups in total. The highest BCUT2D eigenvalue weighted by molar-refractivity contribution is 4.76. The lowest BCUT2D eigenvalue weighted by atomic mass is 9.95. The predicted octanol–water partition coefficient (Wildman–Crippen LogP) is 5.55. The van der Waals surface area contributed by atoms with Crippen LogP contribution < -0.4 is 0 Å². The van der Waals surface area contributed by atoms with Crippen molar-refractivity contribution >= 4 is 0 Å². The van der Waals surface area contributed by atoms with Gasteiger partial charge in [-0.25, -0.2) is 0 Å². The maximum atomic E-state index is 6.32. The first-order chi connectivity index (χ1) is 9.02. The average Bonchev–Trinajstić information content (AvgIpc) is 2.38. The molecule has 0 heterocycles. The van der Waals surface area contributed by atoms with Gasteiger partial charge in [0.25, 0.3) is 0 Å². The van der Waals surface area contributed by atoms with Crippen molar-refractivity contribution in [1.29, 1.82) is 0 Å². The molecule has 2 atom stereocenters. The Bertz CT molecular complexity index is 191. The Kier molecular flexibility index (Phi) is 10.6. The monoisotopic (exact) mass is 272 g/mol. The van der Waals surface area contributed by atoms with E-state index in [2.05, 4.69) is 41.5 Å². The lowest BCUT2D eigenvalue weighted by Crippen LogP contribution is -2.44. The van der Waals surface area contributed by atoms with Crippen LogP contribution in [0.15, 0.2) is 0 Å². The van der Waals surface area contributed by atoms with Crippen LogP contribution in [0.1, 0.15) is 86.5 Å². The number of rotatable bonds is 12. The highest BCUT2D eigenvalue weighted by atomic mass is 16.7. The lowest BCUT2D eigenvalue weighted by Gasteiger charge is -2.39. The van der Waals surface area contributed by atoms with Crippen LogP contribution in [0.4, 0.5) is 0 Å². The minimum atomic E-state index is -0.375. The summed E-state index contributed by atoms with van der Waals surface area (Å²) in [5, 5.41) is 0. The second-order valence-electron chi connectivity index (χ2n) is 5.96. The van der Waals surface area contributed by atoms with E-state index in [1.54, 1.807) is 0 Å². The summed E-state index contributed by atoms with van der Waals surface area (Å²) in [6.45, 7) is 14.0. The van der Waals surface area contributed by atoms with Gasteiger partial charge in [0, 0.05) is 12.3 Å². The van der Waals surface area contributed by atoms with Gasteiger partial charge in [-0.3, -0.25) is 0 Å². The summed E-state index contributed by atoms with van der Waals surface area (Å²) in [7, 11) is 0. The summed E-state index contributed by atoms with van der Waals surface area (Å²) < 4.78 is 12.5. The summed E-state index contributed by atoms with van der Waals surface area (Å²) in [5.41, 5.74) is 0. The van der Waals surface area contributed by atoms with Gasteiger partial charge in [0.2, 0.25) is 0 Å². The first kappa shape index (κ1) is 18.9. The maximum absolute atomic E-state index is 6.32. The van der Waals surface area contributed by atoms with Crippen LogP contribution in [-0.4, -0.2) is 18.5 Å². The molecule has 0 aliphatic carbocycles. The van der Waals surface area contributed by atoms with Crippen molar-refractivity contribution in [3.05, 3.63) is 0 Å². The van der Waals surface area contributed by atoms with Gasteiger partial charge in [0.05, 0.1) is 12.7 Å². The van der Waals surface area contributed by atoms with Gasteiger partial charge in [0.15, 0.2) is 5.79 Å². The Morgan fingerprint density at radius 1 is 0.895 bits per heavy atom. The molecule has 0 aliphatic heterocycles. The molecular weight excluding hydrogens is 236 g/mol. The van der Waals surface area contributed by atoms with E-state index in [-0.39, 0.29) is 11.9 Å². The SMILES string of the molecule is CCCCCC(OCCCC)(OC(C)CC)C(C)C. The molecule has 0 aromatic rings. The van der Waals surface area contributed by atoms with Crippen molar-refractivity contribution in [3.63, 3.8) is 0 Å². The molecule has 0 bridgehead atoms. The zero-order chi connectivity index (χ0) is 14.7. The molecule has 0 aliphatic rings. The summed E-state index contributed by atoms with van der Waals surface area (Å²) >= 11 is 0. The van der Waals surface area contributed by atoms with E-state index in [0.29, 0.717) is 5.92 Å². The molecule has 0 saturated carbocycles. The standard InChI is InChI=1S/C17H36O2/c1-7-10-12-13-17(15(4)5,18-14-11-8-2)19-16(6)9-3/h15-16H,7-14H2,1-6H3. The highest BCUT2D eigenvalue weighted by Gasteiger charge is 2.36. The highest BCUT2D eigenvalue weighted by Crippen LogP contribution is 2.32. The third-order valence-corrected chi connectivity index (χ3v) is 3.83. The van der Waals surface area contributed by atoms with E-state index in [0.717, 1.165) is 25.9 Å². The van der Waals surface area contributed by atoms with Gasteiger partial charge in [-0.2, -0.15) is 0 Å². The minimum Gasteiger partial charge on any atom is -0.350 e. The van der Waals surface area contributed by atoms with Crippen molar-refractivity contribution in [2.24, 2.45) is 5.92 Å². The van der Waals surface area contributed by atoms with E-state index in [4.69, 9.17) is 9.47 Å². The summed E-state index contributed by atoms with van der Waals surface area (Å²) in [6.07, 6.45) is 8.31. The normalized spacial score (nSPS) is 16.6. The molecule has 0 amide bonds. The topological polar surface area (TPSA) is 18.5 Å². The first-order valence-corrected chi connectivity index (χ1v) is 8.34. The third kappa shape index (κ3) is 7.31. The lowest BCUT2D eigenvalue weighted by molar-refractivity contribution is -0.284. The number of unbranched alkanes of at least 4 members (excludes halogenated alkanes) is 3. The van der Waals surface area contributed by atoms with Gasteiger partial charge in [0.1, 0.15) is 0 Å². The van der Waals surface area contributed by atoms with E-state index in [1.165, 1.54) is 25.7 Å². The van der Waals surface area contributed by atoms with E-state index >= 15 is 0 Å². The molecule has 0 aromatic carbocycles. The van der Waals surface area contributed by atoms with Crippen LogP contribution in [0.5, 0.6) is 0 Å². The van der Waals surface area contributed by atoms with E-state index in [1.807, 2.05) is 0 Å². The van der Waals surface area contributed by atoms with Gasteiger partial charge in [-0.15, -0.1) is 0 Å². The van der Waals surface area contributed by atoms with Crippen molar-refractivity contribution in [2.75, 3.05) is 6.61 Å². The third-order valence-electron chi connectivity index (χ3n) is 3.83. The predicted molar refractivity (Wildman–Crippen MR) is 83.4 cm³/mol. The number of ether oxygens (including phenoxy) is 2. The van der Waals surface area contributed by atoms with Crippen molar-refractivity contribution < 1.29 is 9.47 Å². The van der Waals surface area contributed by atoms with Gasteiger partial charge < -0.3 is 9.47 Å². The van der Waals surface area contributed by atoms with Crippen LogP contribution in [0.3, 0.4) is 0 Å². The fourth-order valence-corrected chi connectivity index (χ4v) is 2.19. The Morgan fingerprint density at radius 3 is 2.00 bits per heavy atom. The van der Waals surface area contributed by atoms with Crippen molar-refractivity contribution in [2.45, 2.75) is 98.4 Å². The van der Waals surface area contributed by atoms with Crippen molar-refractivity contribution in [3.8, 4) is 0 Å². The molecule has 0 rings (SSSR count). The van der Waals surface area contributed by atoms with Gasteiger partial charge in [-0.05, 0) is 26.2 Å². The number of hydrogen-bond acceptors (Lipinski definition) is 2. The Labute approximate surface area is 121 Å². The molecule has 0 aromatic heterocycles. The maximum Gasteiger partial charge on any atom is 0.170 e. The Balaban J connectivity index is 4.67. The van der Waals surface area contributed by atoms with Crippen LogP contribution in [-0.2, 0) is 9.47 Å². The molecule has 2 nitrogen and oxygen atoms in total. The smallest absolute Gasteiger partial charge is 0.170 e. The molecule has 0 radical (unpaired) electrons. The fourth-order valence-electron chi connectivity index (χ4n) is 2.19. The van der Waals surface area contributed by atoms with E-state index < -0.39 is 0 Å². The quantitative estimate of drug-likeness (QED) is 0.342. The number of hydrogen-bond donors (Lipinski definition) is 0. The first-order valence-electron chi connectivity index (χ1n) is 8.34. The van der Waals surface area contributed by atoms with Crippen LogP contribution in [0.2, 0.25) is 0 Å². The van der Waals surface area contributed by atoms with Gasteiger partial charge >= 0.3 is 0 Å². The fraction of sp³-hybridized carbons (Fsp3) is 1.00. The molecule has 2 unspecified atom stereocenters. The van der Waals surface area contributed by atoms with Crippen LogP contribution >= 0.6 is 0 Å². The largest absolute Gasteiger partial charge is 0.350 e. The summed E-state index contributed by atoms with van der Waals surface area (Å²) in [6, 6.07) is 0. The molecular formula is C17H36O2. The van der Waals surface area contributed by atoms with Crippen LogP contribution in [0, 0.1) is 5.92 Å². The minimum absolute atomic E-state index is 0.269. The Hall–Kier alpha value is -0.0800. The molecule has 0 saturated heterocycles. The van der Waals surface area contributed by atoms with E-state index in [9.17, 15) is 0 Å². The molecule has 19 heavy (non-hydrogen) atoms. The molecule has 116 valence electrons. The summed E-state index contributed by atoms with van der Waals surface area (Å²) in [5.74, 6) is 0.0231. The molecule has 0 fully saturated rings. The average molecular weight is 272 g/mol. The molecule has 2 heteroatoms. The van der Waals surface area contributed by atoms with Crippen molar-refractivity contribution in [1.82, 2.24) is 0 Å². The summed E-state index contributed by atoms with van der Waals surface area (Å²) in [4.78, 5) is 0. The second-order valence-corrected chi connectivity index (χ2v) is 5.96.